The third-order valence-corrected chi connectivity index (χ3v) is 4.13. The van der Waals surface area contributed by atoms with Crippen LogP contribution in [0.4, 0.5) is 4.39 Å². The van der Waals surface area contributed by atoms with Crippen LogP contribution in [0.25, 0.3) is 0 Å². The number of amidine groups is 1. The van der Waals surface area contributed by atoms with Gasteiger partial charge in [0.05, 0.1) is 13.2 Å². The standard InChI is InChI=1S/C15H21FN4O4/c1-23-12-7-11(16)13(6-10(12)15(21)22)24-9-4-2-8(3-5-9)14(19-17)20-18/h6-9H,2-5,17-18H2,1H3,(H,19,20)(H,21,22). The minimum Gasteiger partial charge on any atom is -0.496 e. The Labute approximate surface area is 138 Å². The summed E-state index contributed by atoms with van der Waals surface area (Å²) in [7, 11) is 1.28. The third kappa shape index (κ3) is 3.85. The number of halogens is 1. The summed E-state index contributed by atoms with van der Waals surface area (Å²) in [6.45, 7) is 0. The summed E-state index contributed by atoms with van der Waals surface area (Å²) in [4.78, 5) is 11.2. The second-order valence-corrected chi connectivity index (χ2v) is 5.54. The summed E-state index contributed by atoms with van der Waals surface area (Å²) in [6, 6.07) is 2.17. The Morgan fingerprint density at radius 2 is 2.00 bits per heavy atom. The van der Waals surface area contributed by atoms with Crippen LogP contribution in [0.1, 0.15) is 36.0 Å². The predicted molar refractivity (Wildman–Crippen MR) is 85.2 cm³/mol. The van der Waals surface area contributed by atoms with Gasteiger partial charge in [-0.25, -0.2) is 15.0 Å². The molecule has 9 heteroatoms. The second-order valence-electron chi connectivity index (χ2n) is 5.54. The number of rotatable bonds is 5. The first-order chi connectivity index (χ1) is 11.5. The zero-order valence-corrected chi connectivity index (χ0v) is 13.3. The molecule has 8 nitrogen and oxygen atoms in total. The van der Waals surface area contributed by atoms with Crippen molar-refractivity contribution >= 4 is 11.8 Å². The van der Waals surface area contributed by atoms with Crippen LogP contribution in [0.15, 0.2) is 17.2 Å². The van der Waals surface area contributed by atoms with Gasteiger partial charge in [0.1, 0.15) is 17.1 Å². The lowest BCUT2D eigenvalue weighted by atomic mass is 9.86. The van der Waals surface area contributed by atoms with Crippen LogP contribution in [-0.4, -0.2) is 30.1 Å². The van der Waals surface area contributed by atoms with Crippen molar-refractivity contribution in [2.75, 3.05) is 7.11 Å². The van der Waals surface area contributed by atoms with E-state index in [9.17, 15) is 9.18 Å². The predicted octanol–water partition coefficient (Wildman–Crippen LogP) is 1.21. The Balaban J connectivity index is 2.07. The molecule has 0 radical (unpaired) electrons. The molecule has 1 aromatic rings. The number of nitrogens with zero attached hydrogens (tertiary/aromatic N) is 1. The van der Waals surface area contributed by atoms with Crippen LogP contribution < -0.4 is 26.6 Å². The van der Waals surface area contributed by atoms with Crippen LogP contribution in [-0.2, 0) is 0 Å². The number of carboxylic acid groups (broad SMARTS) is 1. The molecule has 1 aromatic carbocycles. The van der Waals surface area contributed by atoms with E-state index in [4.69, 9.17) is 26.3 Å². The van der Waals surface area contributed by atoms with Crippen molar-refractivity contribution in [3.8, 4) is 11.5 Å². The molecule has 132 valence electrons. The Bertz CT molecular complexity index is 630. The molecule has 0 unspecified atom stereocenters. The fraction of sp³-hybridized carbons (Fsp3) is 0.467. The number of hydrogen-bond acceptors (Lipinski definition) is 6. The van der Waals surface area contributed by atoms with E-state index in [0.717, 1.165) is 25.0 Å². The summed E-state index contributed by atoms with van der Waals surface area (Å²) in [6.07, 6.45) is 2.55. The van der Waals surface area contributed by atoms with Crippen LogP contribution in [0.5, 0.6) is 11.5 Å². The first-order valence-electron chi connectivity index (χ1n) is 7.52. The zero-order chi connectivity index (χ0) is 17.7. The van der Waals surface area contributed by atoms with E-state index in [1.165, 1.54) is 7.11 Å². The van der Waals surface area contributed by atoms with Crippen molar-refractivity contribution in [1.29, 1.82) is 0 Å². The third-order valence-electron chi connectivity index (χ3n) is 4.13. The van der Waals surface area contributed by atoms with E-state index >= 15 is 0 Å². The van der Waals surface area contributed by atoms with Gasteiger partial charge in [0.2, 0.25) is 0 Å². The number of hydrazone groups is 1. The lowest BCUT2D eigenvalue weighted by Crippen LogP contribution is -2.39. The number of nitrogens with two attached hydrogens (primary N) is 2. The number of carboxylic acids is 1. The maximum atomic E-state index is 14.1. The smallest absolute Gasteiger partial charge is 0.339 e. The Morgan fingerprint density at radius 3 is 2.50 bits per heavy atom. The fourth-order valence-electron chi connectivity index (χ4n) is 2.86. The van der Waals surface area contributed by atoms with Crippen LogP contribution in [0.3, 0.4) is 0 Å². The lowest BCUT2D eigenvalue weighted by molar-refractivity contribution is 0.0691. The number of methoxy groups -OCH3 is 1. The van der Waals surface area contributed by atoms with Gasteiger partial charge >= 0.3 is 5.97 Å². The molecule has 24 heavy (non-hydrogen) atoms. The molecule has 6 N–H and O–H groups in total. The first kappa shape index (κ1) is 17.8. The molecule has 1 saturated carbocycles. The van der Waals surface area contributed by atoms with Gasteiger partial charge in [-0.05, 0) is 25.7 Å². The quantitative estimate of drug-likeness (QED) is 0.274. The normalized spacial score (nSPS) is 21.2. The number of carbonyl (C=O) groups is 1. The minimum absolute atomic E-state index is 0.0473. The molecular formula is C15H21FN4O4. The van der Waals surface area contributed by atoms with Crippen LogP contribution >= 0.6 is 0 Å². The van der Waals surface area contributed by atoms with Crippen molar-refractivity contribution in [3.63, 3.8) is 0 Å². The second kappa shape index (κ2) is 7.82. The van der Waals surface area contributed by atoms with E-state index in [1.807, 2.05) is 0 Å². The summed E-state index contributed by atoms with van der Waals surface area (Å²) in [5, 5.41) is 12.8. The highest BCUT2D eigenvalue weighted by Gasteiger charge is 2.27. The molecule has 1 fully saturated rings. The average molecular weight is 340 g/mol. The number of benzene rings is 1. The average Bonchev–Trinajstić information content (AvgIpc) is 2.58. The van der Waals surface area contributed by atoms with Gasteiger partial charge in [0.15, 0.2) is 11.6 Å². The Morgan fingerprint density at radius 1 is 1.33 bits per heavy atom. The fourth-order valence-corrected chi connectivity index (χ4v) is 2.86. The summed E-state index contributed by atoms with van der Waals surface area (Å²) < 4.78 is 24.6. The highest BCUT2D eigenvalue weighted by atomic mass is 19.1. The van der Waals surface area contributed by atoms with E-state index in [-0.39, 0.29) is 29.1 Å². The highest BCUT2D eigenvalue weighted by molar-refractivity contribution is 5.91. The van der Waals surface area contributed by atoms with Crippen molar-refractivity contribution < 1.29 is 23.8 Å². The van der Waals surface area contributed by atoms with Gasteiger partial charge < -0.3 is 25.8 Å². The first-order valence-corrected chi connectivity index (χ1v) is 7.52. The topological polar surface area (TPSA) is 132 Å². The number of hydrazine groups is 1. The molecule has 2 rings (SSSR count). The molecule has 1 aliphatic rings. The molecule has 0 bridgehead atoms. The highest BCUT2D eigenvalue weighted by Crippen LogP contribution is 2.32. The van der Waals surface area contributed by atoms with Crippen molar-refractivity contribution in [2.45, 2.75) is 31.8 Å². The molecule has 0 aliphatic heterocycles. The van der Waals surface area contributed by atoms with Gasteiger partial charge in [-0.1, -0.05) is 0 Å². The monoisotopic (exact) mass is 340 g/mol. The maximum absolute atomic E-state index is 14.1. The van der Waals surface area contributed by atoms with Gasteiger partial charge in [0, 0.05) is 18.1 Å². The molecule has 0 aromatic heterocycles. The molecule has 0 spiro atoms. The maximum Gasteiger partial charge on any atom is 0.339 e. The van der Waals surface area contributed by atoms with Crippen molar-refractivity contribution in [3.05, 3.63) is 23.5 Å². The largest absolute Gasteiger partial charge is 0.496 e. The number of nitrogens with one attached hydrogen (secondary N) is 1. The van der Waals surface area contributed by atoms with Crippen molar-refractivity contribution in [2.24, 2.45) is 22.7 Å². The number of aromatic carboxylic acids is 1. The molecule has 0 heterocycles. The number of hydrogen-bond donors (Lipinski definition) is 4. The van der Waals surface area contributed by atoms with Crippen LogP contribution in [0, 0.1) is 11.7 Å². The summed E-state index contributed by atoms with van der Waals surface area (Å²) in [5.41, 5.74) is 2.33. The van der Waals surface area contributed by atoms with Gasteiger partial charge in [-0.15, -0.1) is 0 Å². The van der Waals surface area contributed by atoms with E-state index < -0.39 is 11.8 Å². The van der Waals surface area contributed by atoms with Gasteiger partial charge in [0.25, 0.3) is 0 Å². The Kier molecular flexibility index (Phi) is 5.80. The lowest BCUT2D eigenvalue weighted by Gasteiger charge is -2.29. The SMILES string of the molecule is COc1cc(F)c(OC2CCC(/C(=N/N)NN)CC2)cc1C(=O)O. The van der Waals surface area contributed by atoms with E-state index in [0.29, 0.717) is 18.7 Å². The zero-order valence-electron chi connectivity index (χ0n) is 13.3. The molecule has 1 aliphatic carbocycles. The van der Waals surface area contributed by atoms with E-state index in [1.54, 1.807) is 0 Å². The van der Waals surface area contributed by atoms with E-state index in [2.05, 4.69) is 10.5 Å². The molecular weight excluding hydrogens is 319 g/mol. The van der Waals surface area contributed by atoms with Crippen LogP contribution in [0.2, 0.25) is 0 Å². The molecule has 0 atom stereocenters. The molecule has 0 amide bonds. The van der Waals surface area contributed by atoms with Gasteiger partial charge in [-0.2, -0.15) is 5.10 Å². The van der Waals surface area contributed by atoms with Gasteiger partial charge in [-0.3, -0.25) is 0 Å². The van der Waals surface area contributed by atoms with Crippen molar-refractivity contribution in [1.82, 2.24) is 5.43 Å². The number of ether oxygens (including phenoxy) is 2. The summed E-state index contributed by atoms with van der Waals surface area (Å²) >= 11 is 0. The summed E-state index contributed by atoms with van der Waals surface area (Å²) in [5.74, 6) is 9.24. The Hall–Kier alpha value is -2.55. The minimum atomic E-state index is -1.21. The molecule has 0 saturated heterocycles.